The van der Waals surface area contributed by atoms with Gasteiger partial charge >= 0.3 is 0 Å². The molecule has 2 aromatic carbocycles. The van der Waals surface area contributed by atoms with E-state index in [2.05, 4.69) is 31.5 Å². The van der Waals surface area contributed by atoms with Gasteiger partial charge in [-0.3, -0.25) is 0 Å². The van der Waals surface area contributed by atoms with Gasteiger partial charge < -0.3 is 5.73 Å². The molecular formula is C14H11BrClN5. The van der Waals surface area contributed by atoms with Crippen LogP contribution >= 0.6 is 27.5 Å². The van der Waals surface area contributed by atoms with Crippen LogP contribution in [0.15, 0.2) is 40.9 Å². The monoisotopic (exact) mass is 363 g/mol. The summed E-state index contributed by atoms with van der Waals surface area (Å²) in [6.45, 7) is 1.94. The third-order valence-corrected chi connectivity index (χ3v) is 4.17. The van der Waals surface area contributed by atoms with Gasteiger partial charge in [-0.25, -0.2) is 0 Å². The van der Waals surface area contributed by atoms with E-state index >= 15 is 0 Å². The van der Waals surface area contributed by atoms with Crippen LogP contribution in [-0.2, 0) is 0 Å². The van der Waals surface area contributed by atoms with Crippen molar-refractivity contribution in [2.24, 2.45) is 0 Å². The van der Waals surface area contributed by atoms with Crippen molar-refractivity contribution >= 4 is 33.2 Å². The number of hydrogen-bond donors (Lipinski definition) is 1. The average Bonchev–Trinajstić information content (AvgIpc) is 2.92. The standard InChI is InChI=1S/C14H11BrClN5/c1-8-6-10(15)13(7-11(8)16)21-14(18-19-20-21)9-4-2-3-5-12(9)17/h2-7H,17H2,1H3. The van der Waals surface area contributed by atoms with E-state index in [1.54, 1.807) is 4.68 Å². The predicted molar refractivity (Wildman–Crippen MR) is 86.4 cm³/mol. The highest BCUT2D eigenvalue weighted by Crippen LogP contribution is 2.31. The molecule has 0 aliphatic rings. The molecule has 106 valence electrons. The summed E-state index contributed by atoms with van der Waals surface area (Å²) in [4.78, 5) is 0. The molecule has 21 heavy (non-hydrogen) atoms. The van der Waals surface area contributed by atoms with Crippen molar-refractivity contribution in [2.75, 3.05) is 5.73 Å². The Hall–Kier alpha value is -1.92. The maximum atomic E-state index is 6.20. The zero-order valence-electron chi connectivity index (χ0n) is 11.1. The van der Waals surface area contributed by atoms with Gasteiger partial charge in [0.15, 0.2) is 5.82 Å². The largest absolute Gasteiger partial charge is 0.398 e. The second-order valence-corrected chi connectivity index (χ2v) is 5.82. The molecular weight excluding hydrogens is 354 g/mol. The molecule has 1 aromatic heterocycles. The van der Waals surface area contributed by atoms with Crippen LogP contribution in [0.25, 0.3) is 17.1 Å². The summed E-state index contributed by atoms with van der Waals surface area (Å²) in [5, 5.41) is 12.5. The van der Waals surface area contributed by atoms with E-state index in [9.17, 15) is 0 Å². The number of nitrogen functional groups attached to an aromatic ring is 1. The molecule has 1 heterocycles. The number of rotatable bonds is 2. The fourth-order valence-electron chi connectivity index (χ4n) is 2.02. The molecule has 2 N–H and O–H groups in total. The first-order valence-corrected chi connectivity index (χ1v) is 7.34. The second-order valence-electron chi connectivity index (χ2n) is 4.55. The first-order chi connectivity index (χ1) is 10.1. The molecule has 0 aliphatic heterocycles. The molecule has 0 radical (unpaired) electrons. The summed E-state index contributed by atoms with van der Waals surface area (Å²) in [5.41, 5.74) is 9.12. The summed E-state index contributed by atoms with van der Waals surface area (Å²) in [6, 6.07) is 11.2. The normalized spacial score (nSPS) is 10.8. The van der Waals surface area contributed by atoms with Crippen LogP contribution in [0.1, 0.15) is 5.56 Å². The van der Waals surface area contributed by atoms with Crippen molar-refractivity contribution < 1.29 is 0 Å². The van der Waals surface area contributed by atoms with Gasteiger partial charge in [-0.2, -0.15) is 4.68 Å². The molecule has 0 atom stereocenters. The summed E-state index contributed by atoms with van der Waals surface area (Å²) in [7, 11) is 0. The number of tetrazole rings is 1. The van der Waals surface area contributed by atoms with E-state index in [0.29, 0.717) is 16.5 Å². The molecule has 0 unspecified atom stereocenters. The quantitative estimate of drug-likeness (QED) is 0.705. The smallest absolute Gasteiger partial charge is 0.189 e. The highest BCUT2D eigenvalue weighted by atomic mass is 79.9. The van der Waals surface area contributed by atoms with Crippen LogP contribution in [-0.4, -0.2) is 20.2 Å². The lowest BCUT2D eigenvalue weighted by molar-refractivity contribution is 0.789. The molecule has 0 fully saturated rings. The molecule has 0 spiro atoms. The highest BCUT2D eigenvalue weighted by molar-refractivity contribution is 9.10. The first-order valence-electron chi connectivity index (χ1n) is 6.17. The van der Waals surface area contributed by atoms with Gasteiger partial charge in [0.25, 0.3) is 0 Å². The van der Waals surface area contributed by atoms with E-state index in [4.69, 9.17) is 17.3 Å². The van der Waals surface area contributed by atoms with E-state index in [1.807, 2.05) is 43.3 Å². The number of nitrogens with zero attached hydrogens (tertiary/aromatic N) is 4. The van der Waals surface area contributed by atoms with Crippen LogP contribution in [0.5, 0.6) is 0 Å². The lowest BCUT2D eigenvalue weighted by Crippen LogP contribution is -2.03. The number of aryl methyl sites for hydroxylation is 1. The van der Waals surface area contributed by atoms with Crippen molar-refractivity contribution in [2.45, 2.75) is 6.92 Å². The van der Waals surface area contributed by atoms with E-state index in [-0.39, 0.29) is 0 Å². The van der Waals surface area contributed by atoms with Crippen LogP contribution in [0, 0.1) is 6.92 Å². The number of aromatic nitrogens is 4. The summed E-state index contributed by atoms with van der Waals surface area (Å²) in [5.74, 6) is 0.564. The Morgan fingerprint density at radius 2 is 2.00 bits per heavy atom. The number of benzene rings is 2. The van der Waals surface area contributed by atoms with Crippen molar-refractivity contribution in [1.29, 1.82) is 0 Å². The van der Waals surface area contributed by atoms with Gasteiger partial charge in [-0.1, -0.05) is 23.7 Å². The SMILES string of the molecule is Cc1cc(Br)c(-n2nnnc2-c2ccccc2N)cc1Cl. The Morgan fingerprint density at radius 3 is 2.76 bits per heavy atom. The van der Waals surface area contributed by atoms with Crippen LogP contribution in [0.4, 0.5) is 5.69 Å². The van der Waals surface area contributed by atoms with Gasteiger partial charge in [-0.15, -0.1) is 5.10 Å². The van der Waals surface area contributed by atoms with Crippen molar-refractivity contribution in [3.63, 3.8) is 0 Å². The molecule has 0 amide bonds. The third-order valence-electron chi connectivity index (χ3n) is 3.13. The maximum absolute atomic E-state index is 6.20. The molecule has 0 saturated heterocycles. The fraction of sp³-hybridized carbons (Fsp3) is 0.0714. The first kappa shape index (κ1) is 14.0. The molecule has 7 heteroatoms. The van der Waals surface area contributed by atoms with Crippen molar-refractivity contribution in [1.82, 2.24) is 20.2 Å². The highest BCUT2D eigenvalue weighted by Gasteiger charge is 2.16. The summed E-state index contributed by atoms with van der Waals surface area (Å²) in [6.07, 6.45) is 0. The number of para-hydroxylation sites is 1. The van der Waals surface area contributed by atoms with Crippen molar-refractivity contribution in [3.05, 3.63) is 51.5 Å². The number of anilines is 1. The van der Waals surface area contributed by atoms with Gasteiger partial charge in [0.05, 0.1) is 5.69 Å². The molecule has 5 nitrogen and oxygen atoms in total. The molecule has 3 rings (SSSR count). The molecule has 0 aliphatic carbocycles. The zero-order valence-corrected chi connectivity index (χ0v) is 13.4. The van der Waals surface area contributed by atoms with Crippen LogP contribution in [0.3, 0.4) is 0 Å². The van der Waals surface area contributed by atoms with E-state index in [0.717, 1.165) is 21.3 Å². The van der Waals surface area contributed by atoms with E-state index < -0.39 is 0 Å². The van der Waals surface area contributed by atoms with E-state index in [1.165, 1.54) is 0 Å². The lowest BCUT2D eigenvalue weighted by atomic mass is 10.1. The number of nitrogens with two attached hydrogens (primary N) is 1. The lowest BCUT2D eigenvalue weighted by Gasteiger charge is -2.10. The van der Waals surface area contributed by atoms with Crippen LogP contribution < -0.4 is 5.73 Å². The van der Waals surface area contributed by atoms with Crippen LogP contribution in [0.2, 0.25) is 5.02 Å². The Balaban J connectivity index is 2.21. The minimum absolute atomic E-state index is 0.564. The number of halogens is 2. The molecule has 0 saturated carbocycles. The Morgan fingerprint density at radius 1 is 1.24 bits per heavy atom. The van der Waals surface area contributed by atoms with Gasteiger partial charge in [0, 0.05) is 20.7 Å². The minimum Gasteiger partial charge on any atom is -0.398 e. The Kier molecular flexibility index (Phi) is 3.65. The predicted octanol–water partition coefficient (Wildman–Crippen LogP) is 3.64. The molecule has 0 bridgehead atoms. The Labute approximate surface area is 134 Å². The van der Waals surface area contributed by atoms with Gasteiger partial charge in [0.2, 0.25) is 0 Å². The minimum atomic E-state index is 0.564. The zero-order chi connectivity index (χ0) is 15.0. The Bertz CT molecular complexity index is 815. The number of hydrogen-bond acceptors (Lipinski definition) is 4. The maximum Gasteiger partial charge on any atom is 0.189 e. The van der Waals surface area contributed by atoms with Crippen molar-refractivity contribution in [3.8, 4) is 17.1 Å². The van der Waals surface area contributed by atoms with Gasteiger partial charge in [0.1, 0.15) is 0 Å². The van der Waals surface area contributed by atoms with Gasteiger partial charge in [-0.05, 0) is 63.1 Å². The fourth-order valence-corrected chi connectivity index (χ4v) is 2.80. The summed E-state index contributed by atoms with van der Waals surface area (Å²) < 4.78 is 2.47. The topological polar surface area (TPSA) is 69.6 Å². The summed E-state index contributed by atoms with van der Waals surface area (Å²) >= 11 is 9.73. The average molecular weight is 365 g/mol. The molecule has 3 aromatic rings. The second kappa shape index (κ2) is 5.46. The third kappa shape index (κ3) is 2.52.